The number of aromatic amines is 1. The molecule has 0 radical (unpaired) electrons. The van der Waals surface area contributed by atoms with Crippen molar-refractivity contribution in [2.45, 2.75) is 45.4 Å². The van der Waals surface area contributed by atoms with Crippen molar-refractivity contribution in [2.75, 3.05) is 45.9 Å². The van der Waals surface area contributed by atoms with Crippen LogP contribution in [0.1, 0.15) is 39.8 Å². The van der Waals surface area contributed by atoms with E-state index in [9.17, 15) is 13.2 Å². The highest BCUT2D eigenvalue weighted by molar-refractivity contribution is 7.89. The van der Waals surface area contributed by atoms with Gasteiger partial charge < -0.3 is 14.2 Å². The van der Waals surface area contributed by atoms with Crippen LogP contribution in [0.25, 0.3) is 22.4 Å². The molecule has 2 aromatic heterocycles. The van der Waals surface area contributed by atoms with Crippen molar-refractivity contribution in [3.05, 3.63) is 34.2 Å². The first-order valence-electron chi connectivity index (χ1n) is 12.8. The van der Waals surface area contributed by atoms with Crippen LogP contribution in [-0.4, -0.2) is 82.8 Å². The van der Waals surface area contributed by atoms with Gasteiger partial charge in [-0.3, -0.25) is 9.48 Å². The third kappa shape index (κ3) is 4.67. The fourth-order valence-electron chi connectivity index (χ4n) is 5.03. The molecule has 0 unspecified atom stereocenters. The number of hydrogen-bond donors (Lipinski definition) is 1. The van der Waals surface area contributed by atoms with E-state index in [-0.39, 0.29) is 16.3 Å². The number of ether oxygens (including phenoxy) is 1. The van der Waals surface area contributed by atoms with Gasteiger partial charge >= 0.3 is 0 Å². The number of nitrogens with one attached hydrogen (secondary N) is 1. The summed E-state index contributed by atoms with van der Waals surface area (Å²) >= 11 is 0. The lowest BCUT2D eigenvalue weighted by molar-refractivity contribution is -0.928. The highest BCUT2D eigenvalue weighted by Crippen LogP contribution is 2.32. The van der Waals surface area contributed by atoms with E-state index in [1.165, 1.54) is 0 Å². The maximum atomic E-state index is 13.6. The van der Waals surface area contributed by atoms with E-state index in [0.29, 0.717) is 48.5 Å². The summed E-state index contributed by atoms with van der Waals surface area (Å²) in [7, 11) is -2.00. The lowest BCUT2D eigenvalue weighted by Crippen LogP contribution is -2.60. The number of hydrogen-bond acceptors (Lipinski definition) is 6. The highest BCUT2D eigenvalue weighted by Gasteiger charge is 2.36. The first-order valence-corrected chi connectivity index (χ1v) is 14.2. The van der Waals surface area contributed by atoms with Crippen molar-refractivity contribution in [3.63, 3.8) is 0 Å². The van der Waals surface area contributed by atoms with E-state index < -0.39 is 10.0 Å². The molecule has 0 spiro atoms. The van der Waals surface area contributed by atoms with Gasteiger partial charge in [0, 0.05) is 7.05 Å². The molecule has 0 amide bonds. The maximum absolute atomic E-state index is 13.6. The number of likely N-dealkylation sites (N-methyl/N-ethyl adjacent to an activating group) is 1. The van der Waals surface area contributed by atoms with Gasteiger partial charge in [0.05, 0.1) is 62.0 Å². The maximum Gasteiger partial charge on any atom is 0.277 e. The van der Waals surface area contributed by atoms with E-state index in [0.717, 1.165) is 42.8 Å². The van der Waals surface area contributed by atoms with Gasteiger partial charge in [-0.15, -0.1) is 0 Å². The first-order chi connectivity index (χ1) is 17.2. The van der Waals surface area contributed by atoms with Crippen LogP contribution in [0, 0.1) is 0 Å². The Balaban J connectivity index is 1.79. The van der Waals surface area contributed by atoms with Gasteiger partial charge in [-0.25, -0.2) is 13.4 Å². The average molecular weight is 518 g/mol. The second-order valence-electron chi connectivity index (χ2n) is 9.35. The smallest absolute Gasteiger partial charge is 0.277 e. The van der Waals surface area contributed by atoms with Crippen molar-refractivity contribution in [3.8, 4) is 17.1 Å². The van der Waals surface area contributed by atoms with Crippen LogP contribution in [0.4, 0.5) is 0 Å². The lowest BCUT2D eigenvalue weighted by Gasteiger charge is -2.43. The Morgan fingerprint density at radius 3 is 2.42 bits per heavy atom. The predicted octanol–water partition coefficient (Wildman–Crippen LogP) is 2.54. The van der Waals surface area contributed by atoms with Crippen molar-refractivity contribution in [1.82, 2.24) is 24.1 Å². The Morgan fingerprint density at radius 2 is 1.81 bits per heavy atom. The number of quaternary nitrogens is 1. The van der Waals surface area contributed by atoms with Crippen LogP contribution in [0.15, 0.2) is 27.9 Å². The van der Waals surface area contributed by atoms with Gasteiger partial charge in [0.2, 0.25) is 10.0 Å². The third-order valence-corrected chi connectivity index (χ3v) is 9.28. The van der Waals surface area contributed by atoms with Gasteiger partial charge in [0.1, 0.15) is 17.1 Å². The standard InChI is InChI=1S/C25H36N6O4S/c1-6-10-20-22-23(29(5)28-20)25(32)27-24(26-22)19-17-18(11-12-21(19)35-9-4)36(33,34)30-13-15-31(7-2,8-3)16-14-30/h11-12,17H,6-10,13-16H2,1-5H3/p+1. The van der Waals surface area contributed by atoms with Gasteiger partial charge in [-0.2, -0.15) is 9.40 Å². The minimum atomic E-state index is -3.72. The molecule has 0 bridgehead atoms. The Bertz CT molecular complexity index is 1400. The second kappa shape index (κ2) is 10.3. The van der Waals surface area contributed by atoms with E-state index in [1.807, 2.05) is 13.8 Å². The Kier molecular flexibility index (Phi) is 7.53. The molecule has 11 heteroatoms. The minimum absolute atomic E-state index is 0.164. The molecule has 1 aliphatic heterocycles. The molecule has 0 saturated carbocycles. The van der Waals surface area contributed by atoms with Crippen LogP contribution in [-0.2, 0) is 23.5 Å². The quantitative estimate of drug-likeness (QED) is 0.437. The fourth-order valence-corrected chi connectivity index (χ4v) is 6.48. The number of piperazine rings is 1. The summed E-state index contributed by atoms with van der Waals surface area (Å²) in [6.07, 6.45) is 1.55. The molecule has 10 nitrogen and oxygen atoms in total. The van der Waals surface area contributed by atoms with Crippen molar-refractivity contribution >= 4 is 21.1 Å². The first kappa shape index (κ1) is 26.3. The highest BCUT2D eigenvalue weighted by atomic mass is 32.2. The topological polar surface area (TPSA) is 110 Å². The van der Waals surface area contributed by atoms with Crippen molar-refractivity contribution in [2.24, 2.45) is 7.05 Å². The molecule has 1 aliphatic rings. The largest absolute Gasteiger partial charge is 0.493 e. The van der Waals surface area contributed by atoms with Crippen molar-refractivity contribution in [1.29, 1.82) is 0 Å². The monoisotopic (exact) mass is 517 g/mol. The van der Waals surface area contributed by atoms with Crippen LogP contribution in [0.5, 0.6) is 5.75 Å². The summed E-state index contributed by atoms with van der Waals surface area (Å²) in [6.45, 7) is 13.1. The van der Waals surface area contributed by atoms with Crippen molar-refractivity contribution < 1.29 is 17.6 Å². The van der Waals surface area contributed by atoms with Crippen LogP contribution in [0.3, 0.4) is 0 Å². The molecule has 196 valence electrons. The molecule has 36 heavy (non-hydrogen) atoms. The zero-order chi connectivity index (χ0) is 26.1. The zero-order valence-corrected chi connectivity index (χ0v) is 22.7. The molecule has 1 fully saturated rings. The van der Waals surface area contributed by atoms with Gasteiger partial charge in [-0.05, 0) is 45.4 Å². The molecule has 0 aliphatic carbocycles. The van der Waals surface area contributed by atoms with E-state index >= 15 is 0 Å². The van der Waals surface area contributed by atoms with Crippen LogP contribution in [0.2, 0.25) is 0 Å². The summed E-state index contributed by atoms with van der Waals surface area (Å²) in [5.74, 6) is 0.732. The molecule has 3 heterocycles. The Labute approximate surface area is 212 Å². The SMILES string of the molecule is CCCc1nn(C)c2c(=O)[nH]c(-c3cc(S(=O)(=O)N4CC[N+](CC)(CC)CC4)ccc3OCC)nc12. The van der Waals surface area contributed by atoms with Crippen LogP contribution >= 0.6 is 0 Å². The number of sulfonamides is 1. The summed E-state index contributed by atoms with van der Waals surface area (Å²) in [4.78, 5) is 20.7. The number of H-pyrrole nitrogens is 1. The Hall–Kier alpha value is -2.76. The molecule has 1 aromatic carbocycles. The normalized spacial score (nSPS) is 16.5. The number of rotatable bonds is 9. The van der Waals surface area contributed by atoms with Crippen LogP contribution < -0.4 is 10.3 Å². The van der Waals surface area contributed by atoms with E-state index in [2.05, 4.69) is 23.9 Å². The summed E-state index contributed by atoms with van der Waals surface area (Å²) in [6, 6.07) is 4.79. The Morgan fingerprint density at radius 1 is 1.11 bits per heavy atom. The summed E-state index contributed by atoms with van der Waals surface area (Å²) < 4.78 is 37.1. The number of fused-ring (bicyclic) bond motifs is 1. The number of aryl methyl sites for hydroxylation is 2. The average Bonchev–Trinajstić information content (AvgIpc) is 3.20. The van der Waals surface area contributed by atoms with Gasteiger partial charge in [0.15, 0.2) is 5.52 Å². The second-order valence-corrected chi connectivity index (χ2v) is 11.3. The lowest BCUT2D eigenvalue weighted by atomic mass is 10.1. The predicted molar refractivity (Wildman–Crippen MR) is 140 cm³/mol. The van der Waals surface area contributed by atoms with Gasteiger partial charge in [-0.1, -0.05) is 13.3 Å². The third-order valence-electron chi connectivity index (χ3n) is 7.38. The van der Waals surface area contributed by atoms with Gasteiger partial charge in [0.25, 0.3) is 5.56 Å². The van der Waals surface area contributed by atoms with E-state index in [1.54, 1.807) is 34.2 Å². The number of aromatic nitrogens is 4. The zero-order valence-electron chi connectivity index (χ0n) is 21.9. The molecular weight excluding hydrogens is 480 g/mol. The molecular formula is C25H37N6O4S+. The number of benzene rings is 1. The summed E-state index contributed by atoms with van der Waals surface area (Å²) in [5, 5.41) is 4.48. The molecule has 4 rings (SSSR count). The molecule has 3 aromatic rings. The molecule has 1 N–H and O–H groups in total. The molecule has 1 saturated heterocycles. The van der Waals surface area contributed by atoms with E-state index in [4.69, 9.17) is 9.72 Å². The fraction of sp³-hybridized carbons (Fsp3) is 0.560. The summed E-state index contributed by atoms with van der Waals surface area (Å²) in [5.41, 5.74) is 1.77. The minimum Gasteiger partial charge on any atom is -0.493 e. The number of nitrogens with zero attached hydrogens (tertiary/aromatic N) is 5. The molecule has 0 atom stereocenters.